The number of rotatable bonds is 4. The molecule has 0 amide bonds. The van der Waals surface area contributed by atoms with E-state index in [4.69, 9.17) is 16.3 Å². The number of nitrogens with zero attached hydrogens (tertiary/aromatic N) is 2. The van der Waals surface area contributed by atoms with Gasteiger partial charge in [0.15, 0.2) is 5.82 Å². The highest BCUT2D eigenvalue weighted by molar-refractivity contribution is 6.32. The van der Waals surface area contributed by atoms with Gasteiger partial charge in [0.25, 0.3) is 0 Å². The lowest BCUT2D eigenvalue weighted by Crippen LogP contribution is -2.00. The van der Waals surface area contributed by atoms with Crippen LogP contribution in [0.5, 0.6) is 5.75 Å². The number of anilines is 2. The van der Waals surface area contributed by atoms with Gasteiger partial charge in [-0.3, -0.25) is 0 Å². The number of hydrogen-bond donors (Lipinski definition) is 1. The van der Waals surface area contributed by atoms with Crippen molar-refractivity contribution in [2.75, 3.05) is 12.4 Å². The first-order chi connectivity index (χ1) is 13.2. The minimum atomic E-state index is -0.369. The third-order valence-corrected chi connectivity index (χ3v) is 4.43. The maximum Gasteiger partial charge on any atom is 0.165 e. The minimum Gasteiger partial charge on any atom is -0.495 e. The van der Waals surface area contributed by atoms with Crippen LogP contribution in [0.15, 0.2) is 66.7 Å². The average Bonchev–Trinajstić information content (AvgIpc) is 2.68. The predicted molar refractivity (Wildman–Crippen MR) is 106 cm³/mol. The molecule has 4 nitrogen and oxygen atoms in total. The topological polar surface area (TPSA) is 47.0 Å². The van der Waals surface area contributed by atoms with Crippen molar-refractivity contribution in [3.63, 3.8) is 0 Å². The van der Waals surface area contributed by atoms with E-state index in [2.05, 4.69) is 15.3 Å². The van der Waals surface area contributed by atoms with Gasteiger partial charge in [-0.1, -0.05) is 35.9 Å². The Morgan fingerprint density at radius 2 is 1.74 bits per heavy atom. The number of aromatic nitrogens is 2. The Labute approximate surface area is 160 Å². The molecular formula is C21H15ClFN3O. The number of nitrogens with one attached hydrogen (secondary N) is 1. The normalized spacial score (nSPS) is 10.8. The molecule has 0 aliphatic rings. The van der Waals surface area contributed by atoms with Crippen LogP contribution in [0.25, 0.3) is 22.3 Å². The van der Waals surface area contributed by atoms with E-state index in [1.165, 1.54) is 6.07 Å². The zero-order chi connectivity index (χ0) is 18.8. The molecule has 0 fully saturated rings. The minimum absolute atomic E-state index is 0.314. The highest BCUT2D eigenvalue weighted by atomic mass is 35.5. The first-order valence-corrected chi connectivity index (χ1v) is 8.66. The summed E-state index contributed by atoms with van der Waals surface area (Å²) in [4.78, 5) is 9.08. The second-order valence-corrected chi connectivity index (χ2v) is 6.27. The molecule has 27 heavy (non-hydrogen) atoms. The number of halogens is 2. The van der Waals surface area contributed by atoms with E-state index in [0.717, 1.165) is 11.1 Å². The summed E-state index contributed by atoms with van der Waals surface area (Å²) in [6, 6.07) is 19.4. The Balaban J connectivity index is 1.84. The summed E-state index contributed by atoms with van der Waals surface area (Å²) < 4.78 is 19.4. The number of methoxy groups -OCH3 is 1. The van der Waals surface area contributed by atoms with Crippen LogP contribution < -0.4 is 10.1 Å². The van der Waals surface area contributed by atoms with Crippen molar-refractivity contribution in [2.45, 2.75) is 0 Å². The van der Waals surface area contributed by atoms with Crippen LogP contribution in [0.3, 0.4) is 0 Å². The Hall–Kier alpha value is -3.18. The van der Waals surface area contributed by atoms with Gasteiger partial charge in [-0.05, 0) is 42.5 Å². The average molecular weight is 380 g/mol. The molecule has 0 saturated heterocycles. The molecule has 3 aromatic carbocycles. The second-order valence-electron chi connectivity index (χ2n) is 5.87. The van der Waals surface area contributed by atoms with Crippen molar-refractivity contribution in [3.8, 4) is 17.1 Å². The van der Waals surface area contributed by atoms with Gasteiger partial charge in [-0.15, -0.1) is 0 Å². The van der Waals surface area contributed by atoms with Gasteiger partial charge in [0.2, 0.25) is 0 Å². The van der Waals surface area contributed by atoms with E-state index in [9.17, 15) is 4.39 Å². The molecule has 0 saturated carbocycles. The second kappa shape index (κ2) is 7.21. The Bertz CT molecular complexity index is 1130. The molecule has 0 aliphatic heterocycles. The Morgan fingerprint density at radius 1 is 0.963 bits per heavy atom. The molecule has 1 heterocycles. The van der Waals surface area contributed by atoms with E-state index in [1.807, 2.05) is 30.3 Å². The molecule has 0 spiro atoms. The molecule has 134 valence electrons. The van der Waals surface area contributed by atoms with Crippen molar-refractivity contribution < 1.29 is 9.13 Å². The largest absolute Gasteiger partial charge is 0.495 e. The van der Waals surface area contributed by atoms with E-state index in [0.29, 0.717) is 33.5 Å². The van der Waals surface area contributed by atoms with Gasteiger partial charge in [0, 0.05) is 11.1 Å². The standard InChI is InChI=1S/C21H15ClFN3O/c1-27-19-11-10-13(12-16(19)22)24-21-15-7-3-5-9-18(15)25-20(26-21)14-6-2-4-8-17(14)23/h2-12H,1H3,(H,24,25,26). The highest BCUT2D eigenvalue weighted by Crippen LogP contribution is 2.31. The summed E-state index contributed by atoms with van der Waals surface area (Å²) in [5.41, 5.74) is 1.80. The van der Waals surface area contributed by atoms with Crippen LogP contribution in [0, 0.1) is 5.82 Å². The number of para-hydroxylation sites is 1. The first-order valence-electron chi connectivity index (χ1n) is 8.28. The van der Waals surface area contributed by atoms with Gasteiger partial charge < -0.3 is 10.1 Å². The SMILES string of the molecule is COc1ccc(Nc2nc(-c3ccccc3F)nc3ccccc23)cc1Cl. The third-order valence-electron chi connectivity index (χ3n) is 4.13. The van der Waals surface area contributed by atoms with Gasteiger partial charge in [0.1, 0.15) is 17.4 Å². The van der Waals surface area contributed by atoms with Crippen molar-refractivity contribution in [1.29, 1.82) is 0 Å². The van der Waals surface area contributed by atoms with Crippen LogP contribution >= 0.6 is 11.6 Å². The molecule has 4 aromatic rings. The van der Waals surface area contributed by atoms with Crippen molar-refractivity contribution in [3.05, 3.63) is 77.6 Å². The fraction of sp³-hybridized carbons (Fsp3) is 0.0476. The molecule has 0 aliphatic carbocycles. The number of hydrogen-bond acceptors (Lipinski definition) is 4. The van der Waals surface area contributed by atoms with Crippen LogP contribution in [0.1, 0.15) is 0 Å². The molecule has 6 heteroatoms. The maximum atomic E-state index is 14.2. The third kappa shape index (κ3) is 3.41. The molecule has 0 atom stereocenters. The van der Waals surface area contributed by atoms with Crippen LogP contribution in [0.4, 0.5) is 15.9 Å². The quantitative estimate of drug-likeness (QED) is 0.483. The molecular weight excluding hydrogens is 365 g/mol. The Morgan fingerprint density at radius 3 is 2.52 bits per heavy atom. The van der Waals surface area contributed by atoms with Crippen LogP contribution in [-0.4, -0.2) is 17.1 Å². The zero-order valence-electron chi connectivity index (χ0n) is 14.4. The van der Waals surface area contributed by atoms with E-state index in [-0.39, 0.29) is 5.82 Å². The van der Waals surface area contributed by atoms with E-state index in [1.54, 1.807) is 37.4 Å². The van der Waals surface area contributed by atoms with E-state index >= 15 is 0 Å². The summed E-state index contributed by atoms with van der Waals surface area (Å²) in [6.45, 7) is 0. The molecule has 1 N–H and O–H groups in total. The smallest absolute Gasteiger partial charge is 0.165 e. The summed E-state index contributed by atoms with van der Waals surface area (Å²) in [5, 5.41) is 4.56. The zero-order valence-corrected chi connectivity index (χ0v) is 15.2. The summed E-state index contributed by atoms with van der Waals surface area (Å²) in [7, 11) is 1.56. The monoisotopic (exact) mass is 379 g/mol. The van der Waals surface area contributed by atoms with Gasteiger partial charge in [-0.2, -0.15) is 0 Å². The predicted octanol–water partition coefficient (Wildman–Crippen LogP) is 5.84. The lowest BCUT2D eigenvalue weighted by Gasteiger charge is -2.12. The van der Waals surface area contributed by atoms with Crippen LogP contribution in [-0.2, 0) is 0 Å². The highest BCUT2D eigenvalue weighted by Gasteiger charge is 2.13. The van der Waals surface area contributed by atoms with Gasteiger partial charge >= 0.3 is 0 Å². The maximum absolute atomic E-state index is 14.2. The molecule has 0 bridgehead atoms. The van der Waals surface area contributed by atoms with Crippen molar-refractivity contribution in [1.82, 2.24) is 9.97 Å². The summed E-state index contributed by atoms with van der Waals surface area (Å²) in [5.74, 6) is 1.10. The number of ether oxygens (including phenoxy) is 1. The lowest BCUT2D eigenvalue weighted by atomic mass is 10.1. The summed E-state index contributed by atoms with van der Waals surface area (Å²) >= 11 is 6.21. The molecule has 4 rings (SSSR count). The van der Waals surface area contributed by atoms with Crippen molar-refractivity contribution >= 4 is 34.0 Å². The first kappa shape index (κ1) is 17.2. The Kier molecular flexibility index (Phi) is 4.60. The number of benzene rings is 3. The van der Waals surface area contributed by atoms with Crippen LogP contribution in [0.2, 0.25) is 5.02 Å². The summed E-state index contributed by atoms with van der Waals surface area (Å²) in [6.07, 6.45) is 0. The fourth-order valence-corrected chi connectivity index (χ4v) is 3.07. The van der Waals surface area contributed by atoms with Gasteiger partial charge in [-0.25, -0.2) is 14.4 Å². The fourth-order valence-electron chi connectivity index (χ4n) is 2.82. The number of fused-ring (bicyclic) bond motifs is 1. The lowest BCUT2D eigenvalue weighted by molar-refractivity contribution is 0.415. The van der Waals surface area contributed by atoms with Gasteiger partial charge in [0.05, 0.1) is 23.2 Å². The van der Waals surface area contributed by atoms with E-state index < -0.39 is 0 Å². The molecule has 0 radical (unpaired) electrons. The van der Waals surface area contributed by atoms with Crippen molar-refractivity contribution in [2.24, 2.45) is 0 Å². The molecule has 1 aromatic heterocycles. The molecule has 0 unspecified atom stereocenters.